The Hall–Kier alpha value is -2.55. The van der Waals surface area contributed by atoms with Crippen molar-refractivity contribution in [2.45, 2.75) is 13.0 Å². The Bertz CT molecular complexity index is 736. The maximum Gasteiger partial charge on any atom is 0.256 e. The minimum atomic E-state index is -0.138. The van der Waals surface area contributed by atoms with Crippen LogP contribution in [0, 0.1) is 0 Å². The average Bonchev–Trinajstić information content (AvgIpc) is 3.08. The molecule has 10 heteroatoms. The monoisotopic (exact) mass is 305 g/mol. The molecule has 3 aromatic heterocycles. The summed E-state index contributed by atoms with van der Waals surface area (Å²) >= 11 is 5.93. The second kappa shape index (κ2) is 5.44. The quantitative estimate of drug-likeness (QED) is 0.768. The van der Waals surface area contributed by atoms with Crippen LogP contribution in [-0.2, 0) is 7.05 Å². The topological polar surface area (TPSA) is 99.2 Å². The molecule has 1 atom stereocenters. The van der Waals surface area contributed by atoms with E-state index in [4.69, 9.17) is 11.6 Å². The second-order valence-electron chi connectivity index (χ2n) is 4.34. The zero-order chi connectivity index (χ0) is 14.8. The number of nitrogens with one attached hydrogen (secondary N) is 1. The highest BCUT2D eigenvalue weighted by Gasteiger charge is 2.14. The number of nitrogens with zero attached hydrogens (tertiary/aromatic N) is 8. The average molecular weight is 306 g/mol. The first-order valence-corrected chi connectivity index (χ1v) is 6.53. The van der Waals surface area contributed by atoms with Crippen molar-refractivity contribution in [1.29, 1.82) is 0 Å². The number of aryl methyl sites for hydroxylation is 1. The molecule has 3 rings (SSSR count). The van der Waals surface area contributed by atoms with Gasteiger partial charge in [0, 0.05) is 19.4 Å². The number of rotatable bonds is 4. The van der Waals surface area contributed by atoms with Gasteiger partial charge in [-0.05, 0) is 24.6 Å². The molecule has 0 aliphatic carbocycles. The normalized spacial score (nSPS) is 12.3. The first-order chi connectivity index (χ1) is 10.1. The van der Waals surface area contributed by atoms with Gasteiger partial charge in [0.1, 0.15) is 6.33 Å². The molecule has 0 aromatic carbocycles. The number of aromatic nitrogens is 8. The molecule has 0 aliphatic heterocycles. The molecule has 0 amide bonds. The maximum absolute atomic E-state index is 5.93. The molecule has 1 N–H and O–H groups in total. The molecule has 9 nitrogen and oxygen atoms in total. The SMILES string of the molecule is CC(Nc1nc(Cl)nc(-n2cccn2)n1)c1nncn1C. The fourth-order valence-electron chi connectivity index (χ4n) is 1.84. The standard InChI is InChI=1S/C11H12ClN9/c1-7(8-19-13-6-20(8)2)15-10-16-9(12)17-11(18-10)21-5-3-4-14-21/h3-7H,1-2H3,(H,15,16,17,18). The van der Waals surface area contributed by atoms with Crippen LogP contribution in [0.25, 0.3) is 5.95 Å². The Morgan fingerprint density at radius 2 is 2.14 bits per heavy atom. The Balaban J connectivity index is 1.87. The lowest BCUT2D eigenvalue weighted by Crippen LogP contribution is -2.15. The summed E-state index contributed by atoms with van der Waals surface area (Å²) in [7, 11) is 1.86. The molecule has 1 unspecified atom stereocenters. The predicted molar refractivity (Wildman–Crippen MR) is 75.0 cm³/mol. The van der Waals surface area contributed by atoms with E-state index in [1.54, 1.807) is 24.8 Å². The van der Waals surface area contributed by atoms with Crippen LogP contribution in [0.2, 0.25) is 5.28 Å². The molecular formula is C11H12ClN9. The van der Waals surface area contributed by atoms with Gasteiger partial charge < -0.3 is 9.88 Å². The van der Waals surface area contributed by atoms with E-state index in [0.29, 0.717) is 11.9 Å². The summed E-state index contributed by atoms with van der Waals surface area (Å²) < 4.78 is 3.32. The second-order valence-corrected chi connectivity index (χ2v) is 4.68. The summed E-state index contributed by atoms with van der Waals surface area (Å²) in [5.41, 5.74) is 0. The molecule has 0 saturated carbocycles. The fourth-order valence-corrected chi connectivity index (χ4v) is 1.99. The molecule has 3 heterocycles. The van der Waals surface area contributed by atoms with Crippen LogP contribution in [0.15, 0.2) is 24.8 Å². The first-order valence-electron chi connectivity index (χ1n) is 6.15. The van der Waals surface area contributed by atoms with E-state index in [1.165, 1.54) is 4.68 Å². The molecule has 0 saturated heterocycles. The number of hydrogen-bond acceptors (Lipinski definition) is 7. The van der Waals surface area contributed by atoms with Gasteiger partial charge >= 0.3 is 0 Å². The molecule has 0 bridgehead atoms. The van der Waals surface area contributed by atoms with Gasteiger partial charge in [0.05, 0.1) is 6.04 Å². The molecule has 3 aromatic rings. The van der Waals surface area contributed by atoms with Gasteiger partial charge in [0.15, 0.2) is 5.82 Å². The third-order valence-electron chi connectivity index (χ3n) is 2.78. The van der Waals surface area contributed by atoms with Crippen LogP contribution < -0.4 is 5.32 Å². The summed E-state index contributed by atoms with van der Waals surface area (Å²) in [5, 5.41) is 15.1. The predicted octanol–water partition coefficient (Wildman–Crippen LogP) is 1.01. The molecule has 108 valence electrons. The lowest BCUT2D eigenvalue weighted by atomic mass is 10.3. The molecule has 21 heavy (non-hydrogen) atoms. The van der Waals surface area contributed by atoms with Crippen molar-refractivity contribution in [2.75, 3.05) is 5.32 Å². The van der Waals surface area contributed by atoms with E-state index >= 15 is 0 Å². The molecular weight excluding hydrogens is 294 g/mol. The van der Waals surface area contributed by atoms with E-state index in [-0.39, 0.29) is 11.3 Å². The largest absolute Gasteiger partial charge is 0.344 e. The van der Waals surface area contributed by atoms with E-state index < -0.39 is 0 Å². The van der Waals surface area contributed by atoms with Crippen LogP contribution in [0.4, 0.5) is 5.95 Å². The Labute approximate surface area is 125 Å². The van der Waals surface area contributed by atoms with Gasteiger partial charge in [-0.3, -0.25) is 0 Å². The van der Waals surface area contributed by atoms with E-state index in [0.717, 1.165) is 5.82 Å². The third kappa shape index (κ3) is 2.82. The van der Waals surface area contributed by atoms with Gasteiger partial charge in [0.2, 0.25) is 11.2 Å². The van der Waals surface area contributed by atoms with Crippen molar-refractivity contribution in [3.63, 3.8) is 0 Å². The Morgan fingerprint density at radius 1 is 1.29 bits per heavy atom. The third-order valence-corrected chi connectivity index (χ3v) is 2.95. The van der Waals surface area contributed by atoms with Crippen molar-refractivity contribution in [3.05, 3.63) is 35.9 Å². The molecule has 0 aliphatic rings. The van der Waals surface area contributed by atoms with Gasteiger partial charge in [-0.15, -0.1) is 10.2 Å². The van der Waals surface area contributed by atoms with E-state index in [2.05, 4.69) is 35.6 Å². The Kier molecular flexibility index (Phi) is 3.48. The highest BCUT2D eigenvalue weighted by molar-refractivity contribution is 6.28. The van der Waals surface area contributed by atoms with E-state index in [9.17, 15) is 0 Å². The van der Waals surface area contributed by atoms with Crippen LogP contribution in [0.1, 0.15) is 18.8 Å². The van der Waals surface area contributed by atoms with Gasteiger partial charge in [-0.1, -0.05) is 0 Å². The molecule has 0 fully saturated rings. The smallest absolute Gasteiger partial charge is 0.256 e. The summed E-state index contributed by atoms with van der Waals surface area (Å²) in [5.74, 6) is 1.44. The molecule has 0 radical (unpaired) electrons. The Morgan fingerprint density at radius 3 is 2.81 bits per heavy atom. The lowest BCUT2D eigenvalue weighted by Gasteiger charge is -2.13. The van der Waals surface area contributed by atoms with Crippen LogP contribution in [0.3, 0.4) is 0 Å². The van der Waals surface area contributed by atoms with Gasteiger partial charge in [-0.25, -0.2) is 4.68 Å². The summed E-state index contributed by atoms with van der Waals surface area (Å²) in [6.07, 6.45) is 4.98. The lowest BCUT2D eigenvalue weighted by molar-refractivity contribution is 0.707. The van der Waals surface area contributed by atoms with E-state index in [1.807, 2.05) is 18.5 Å². The van der Waals surface area contributed by atoms with Crippen molar-refractivity contribution < 1.29 is 0 Å². The summed E-state index contributed by atoms with van der Waals surface area (Å²) in [6.45, 7) is 1.93. The minimum Gasteiger partial charge on any atom is -0.344 e. The first kappa shape index (κ1) is 13.4. The number of halogens is 1. The van der Waals surface area contributed by atoms with Gasteiger partial charge in [0.25, 0.3) is 5.95 Å². The van der Waals surface area contributed by atoms with Crippen molar-refractivity contribution in [1.82, 2.24) is 39.5 Å². The van der Waals surface area contributed by atoms with Crippen LogP contribution in [0.5, 0.6) is 0 Å². The van der Waals surface area contributed by atoms with Crippen LogP contribution in [-0.4, -0.2) is 39.5 Å². The zero-order valence-electron chi connectivity index (χ0n) is 11.3. The highest BCUT2D eigenvalue weighted by Crippen LogP contribution is 2.15. The van der Waals surface area contributed by atoms with Crippen molar-refractivity contribution in [3.8, 4) is 5.95 Å². The van der Waals surface area contributed by atoms with Crippen molar-refractivity contribution in [2.24, 2.45) is 7.05 Å². The minimum absolute atomic E-state index is 0.0863. The fraction of sp³-hybridized carbons (Fsp3) is 0.273. The number of anilines is 1. The van der Waals surface area contributed by atoms with Crippen molar-refractivity contribution >= 4 is 17.5 Å². The summed E-state index contributed by atoms with van der Waals surface area (Å²) in [4.78, 5) is 12.4. The maximum atomic E-state index is 5.93. The molecule has 0 spiro atoms. The number of hydrogen-bond donors (Lipinski definition) is 1. The highest BCUT2D eigenvalue weighted by atomic mass is 35.5. The summed E-state index contributed by atoms with van der Waals surface area (Å²) in [6, 6.07) is 1.63. The zero-order valence-corrected chi connectivity index (χ0v) is 12.1. The van der Waals surface area contributed by atoms with Gasteiger partial charge in [-0.2, -0.15) is 20.1 Å². The van der Waals surface area contributed by atoms with Crippen LogP contribution >= 0.6 is 11.6 Å².